The van der Waals surface area contributed by atoms with Gasteiger partial charge in [-0.25, -0.2) is 0 Å². The van der Waals surface area contributed by atoms with Gasteiger partial charge in [0, 0.05) is 51.4 Å². The van der Waals surface area contributed by atoms with Crippen molar-refractivity contribution in [2.24, 2.45) is 0 Å². The number of carbonyl (C=O) groups is 1. The molecule has 0 N–H and O–H groups in total. The second-order valence-corrected chi connectivity index (χ2v) is 7.21. The van der Waals surface area contributed by atoms with Gasteiger partial charge < -0.3 is 28.9 Å². The number of methoxy groups -OCH3 is 1. The molecule has 2 aliphatic heterocycles. The molecule has 0 unspecified atom stereocenters. The van der Waals surface area contributed by atoms with Crippen molar-refractivity contribution in [1.82, 2.24) is 15.1 Å². The number of piperazine rings is 1. The number of amides is 1. The summed E-state index contributed by atoms with van der Waals surface area (Å²) in [6, 6.07) is 9.33. The van der Waals surface area contributed by atoms with Crippen LogP contribution in [0.25, 0.3) is 0 Å². The number of benzene rings is 1. The highest BCUT2D eigenvalue weighted by atomic mass is 16.5. The summed E-state index contributed by atoms with van der Waals surface area (Å²) in [4.78, 5) is 18.8. The van der Waals surface area contributed by atoms with Crippen LogP contribution in [0.15, 0.2) is 36.5 Å². The van der Waals surface area contributed by atoms with E-state index in [0.29, 0.717) is 37.7 Å². The van der Waals surface area contributed by atoms with Crippen LogP contribution in [-0.4, -0.2) is 87.2 Å². The van der Waals surface area contributed by atoms with E-state index in [1.54, 1.807) is 19.4 Å². The summed E-state index contributed by atoms with van der Waals surface area (Å²) in [6.07, 6.45) is 1.80. The normalized spacial score (nSPS) is 17.0. The molecular weight excluding hydrogens is 386 g/mol. The van der Waals surface area contributed by atoms with Gasteiger partial charge in [-0.2, -0.15) is 5.10 Å². The third-order valence-corrected chi connectivity index (χ3v) is 5.36. The van der Waals surface area contributed by atoms with Crippen molar-refractivity contribution in [2.75, 3.05) is 76.0 Å². The molecule has 1 amide bonds. The summed E-state index contributed by atoms with van der Waals surface area (Å²) < 4.78 is 16.2. The fraction of sp³-hybridized carbons (Fsp3) is 0.476. The van der Waals surface area contributed by atoms with Crippen molar-refractivity contribution in [3.05, 3.63) is 36.5 Å². The molecule has 0 atom stereocenters. The van der Waals surface area contributed by atoms with Gasteiger partial charge in [-0.3, -0.25) is 4.79 Å². The molecule has 2 saturated heterocycles. The van der Waals surface area contributed by atoms with Crippen molar-refractivity contribution in [3.63, 3.8) is 0 Å². The van der Waals surface area contributed by atoms with Gasteiger partial charge in [-0.05, 0) is 12.1 Å². The molecule has 2 aliphatic rings. The Morgan fingerprint density at radius 1 is 1.03 bits per heavy atom. The molecule has 30 heavy (non-hydrogen) atoms. The number of hydrogen-bond donors (Lipinski definition) is 0. The van der Waals surface area contributed by atoms with Crippen molar-refractivity contribution < 1.29 is 19.0 Å². The third kappa shape index (κ3) is 4.91. The Labute approximate surface area is 176 Å². The topological polar surface area (TPSA) is 80.3 Å². The lowest BCUT2D eigenvalue weighted by atomic mass is 10.3. The Morgan fingerprint density at radius 2 is 1.80 bits per heavy atom. The fourth-order valence-electron chi connectivity index (χ4n) is 3.61. The summed E-state index contributed by atoms with van der Waals surface area (Å²) in [5.74, 6) is 2.15. The molecule has 1 aromatic heterocycles. The Hall–Kier alpha value is -3.07. The van der Waals surface area contributed by atoms with E-state index in [-0.39, 0.29) is 12.5 Å². The maximum Gasteiger partial charge on any atom is 0.260 e. The zero-order chi connectivity index (χ0) is 20.8. The minimum atomic E-state index is -0.0226. The number of ether oxygens (including phenoxy) is 3. The van der Waals surface area contributed by atoms with Gasteiger partial charge in [0.2, 0.25) is 0 Å². The standard InChI is InChI=1S/C21H27N5O4/c1-28-18-3-2-4-19(14-18)30-16-21(27)26-7-5-25(6-8-26)20-13-17(15-22-23-20)24-9-11-29-12-10-24/h2-4,13-15H,5-12,16H2,1H3. The molecule has 0 bridgehead atoms. The number of nitrogens with zero attached hydrogens (tertiary/aromatic N) is 5. The van der Waals surface area contributed by atoms with E-state index < -0.39 is 0 Å². The van der Waals surface area contributed by atoms with Gasteiger partial charge in [-0.1, -0.05) is 6.07 Å². The van der Waals surface area contributed by atoms with Gasteiger partial charge in [-0.15, -0.1) is 5.10 Å². The molecule has 9 nitrogen and oxygen atoms in total. The Morgan fingerprint density at radius 3 is 2.57 bits per heavy atom. The maximum absolute atomic E-state index is 12.5. The van der Waals surface area contributed by atoms with Gasteiger partial charge in [0.15, 0.2) is 12.4 Å². The molecule has 2 fully saturated rings. The van der Waals surface area contributed by atoms with Crippen molar-refractivity contribution >= 4 is 17.4 Å². The van der Waals surface area contributed by atoms with Gasteiger partial charge in [0.05, 0.1) is 32.2 Å². The first-order chi connectivity index (χ1) is 14.7. The van der Waals surface area contributed by atoms with Crippen LogP contribution >= 0.6 is 0 Å². The molecule has 160 valence electrons. The third-order valence-electron chi connectivity index (χ3n) is 5.36. The van der Waals surface area contributed by atoms with E-state index in [1.165, 1.54) is 0 Å². The predicted octanol–water partition coefficient (Wildman–Crippen LogP) is 1.05. The van der Waals surface area contributed by atoms with Crippen LogP contribution in [0.1, 0.15) is 0 Å². The molecule has 0 aliphatic carbocycles. The van der Waals surface area contributed by atoms with Gasteiger partial charge in [0.25, 0.3) is 5.91 Å². The lowest BCUT2D eigenvalue weighted by Crippen LogP contribution is -2.50. The first kappa shape index (κ1) is 20.2. The second kappa shape index (κ2) is 9.62. The van der Waals surface area contributed by atoms with Crippen LogP contribution in [0.3, 0.4) is 0 Å². The smallest absolute Gasteiger partial charge is 0.260 e. The molecule has 3 heterocycles. The van der Waals surface area contributed by atoms with Gasteiger partial charge >= 0.3 is 0 Å². The summed E-state index contributed by atoms with van der Waals surface area (Å²) in [5.41, 5.74) is 1.06. The van der Waals surface area contributed by atoms with Crippen molar-refractivity contribution in [1.29, 1.82) is 0 Å². The van der Waals surface area contributed by atoms with Crippen LogP contribution in [-0.2, 0) is 9.53 Å². The Bertz CT molecular complexity index is 851. The van der Waals surface area contributed by atoms with Crippen LogP contribution in [0.4, 0.5) is 11.5 Å². The second-order valence-electron chi connectivity index (χ2n) is 7.21. The number of aromatic nitrogens is 2. The van der Waals surface area contributed by atoms with E-state index in [2.05, 4.69) is 26.1 Å². The highest BCUT2D eigenvalue weighted by Crippen LogP contribution is 2.21. The van der Waals surface area contributed by atoms with Crippen LogP contribution in [0, 0.1) is 0 Å². The average Bonchev–Trinajstić information content (AvgIpc) is 2.83. The monoisotopic (exact) mass is 413 g/mol. The molecular formula is C21H27N5O4. The summed E-state index contributed by atoms with van der Waals surface area (Å²) in [7, 11) is 1.60. The highest BCUT2D eigenvalue weighted by molar-refractivity contribution is 5.78. The quantitative estimate of drug-likeness (QED) is 0.695. The SMILES string of the molecule is COc1cccc(OCC(=O)N2CCN(c3cc(N4CCOCC4)cnn3)CC2)c1. The Kier molecular flexibility index (Phi) is 6.48. The van der Waals surface area contributed by atoms with Crippen LogP contribution in [0.2, 0.25) is 0 Å². The number of morpholine rings is 1. The predicted molar refractivity (Wildman–Crippen MR) is 112 cm³/mol. The van der Waals surface area contributed by atoms with Crippen LogP contribution < -0.4 is 19.3 Å². The number of hydrogen-bond acceptors (Lipinski definition) is 8. The Balaban J connectivity index is 1.28. The number of anilines is 2. The fourth-order valence-corrected chi connectivity index (χ4v) is 3.61. The molecule has 1 aromatic carbocycles. The number of carbonyl (C=O) groups excluding carboxylic acids is 1. The average molecular weight is 413 g/mol. The molecule has 0 spiro atoms. The minimum absolute atomic E-state index is 0.0134. The first-order valence-corrected chi connectivity index (χ1v) is 10.2. The lowest BCUT2D eigenvalue weighted by Gasteiger charge is -2.35. The van der Waals surface area contributed by atoms with E-state index >= 15 is 0 Å². The first-order valence-electron chi connectivity index (χ1n) is 10.2. The largest absolute Gasteiger partial charge is 0.497 e. The molecule has 2 aromatic rings. The van der Waals surface area contributed by atoms with Crippen molar-refractivity contribution in [3.8, 4) is 11.5 Å². The summed E-state index contributed by atoms with van der Waals surface area (Å²) in [5, 5.41) is 8.48. The van der Waals surface area contributed by atoms with Crippen molar-refractivity contribution in [2.45, 2.75) is 0 Å². The highest BCUT2D eigenvalue weighted by Gasteiger charge is 2.23. The summed E-state index contributed by atoms with van der Waals surface area (Å²) >= 11 is 0. The van der Waals surface area contributed by atoms with E-state index in [4.69, 9.17) is 14.2 Å². The molecule has 0 radical (unpaired) electrons. The lowest BCUT2D eigenvalue weighted by molar-refractivity contribution is -0.133. The van der Waals surface area contributed by atoms with E-state index in [0.717, 1.165) is 37.8 Å². The van der Waals surface area contributed by atoms with E-state index in [9.17, 15) is 4.79 Å². The molecule has 9 heteroatoms. The van der Waals surface area contributed by atoms with E-state index in [1.807, 2.05) is 23.1 Å². The van der Waals surface area contributed by atoms with Gasteiger partial charge in [0.1, 0.15) is 11.5 Å². The maximum atomic E-state index is 12.5. The molecule has 4 rings (SSSR count). The molecule has 0 saturated carbocycles. The zero-order valence-corrected chi connectivity index (χ0v) is 17.2. The van der Waals surface area contributed by atoms with Crippen LogP contribution in [0.5, 0.6) is 11.5 Å². The minimum Gasteiger partial charge on any atom is -0.497 e. The zero-order valence-electron chi connectivity index (χ0n) is 17.2. The summed E-state index contributed by atoms with van der Waals surface area (Å²) in [6.45, 7) is 5.89. The number of rotatable bonds is 6.